The Hall–Kier alpha value is -2.97. The van der Waals surface area contributed by atoms with E-state index in [1.807, 2.05) is 23.1 Å². The van der Waals surface area contributed by atoms with E-state index in [0.29, 0.717) is 56.5 Å². The van der Waals surface area contributed by atoms with Crippen LogP contribution in [0.1, 0.15) is 37.7 Å². The summed E-state index contributed by atoms with van der Waals surface area (Å²) in [6.45, 7) is 2.99. The highest BCUT2D eigenvalue weighted by Gasteiger charge is 2.32. The number of hydrogen-bond donors (Lipinski definition) is 0. The molecule has 3 heterocycles. The maximum absolute atomic E-state index is 13.0. The van der Waals surface area contributed by atoms with E-state index in [2.05, 4.69) is 10.3 Å². The Morgan fingerprint density at radius 1 is 1.13 bits per heavy atom. The van der Waals surface area contributed by atoms with Crippen LogP contribution in [0, 0.1) is 5.92 Å². The Balaban J connectivity index is 1.30. The van der Waals surface area contributed by atoms with Gasteiger partial charge in [-0.2, -0.15) is 0 Å². The van der Waals surface area contributed by atoms with E-state index in [1.165, 1.54) is 0 Å². The number of amides is 3. The van der Waals surface area contributed by atoms with Gasteiger partial charge in [-0.15, -0.1) is 0 Å². The summed E-state index contributed by atoms with van der Waals surface area (Å²) in [5.74, 6) is 0.145. The van der Waals surface area contributed by atoms with E-state index in [1.54, 1.807) is 16.8 Å². The number of carbonyl (C=O) groups excluding carboxylic acids is 3. The van der Waals surface area contributed by atoms with Crippen LogP contribution >= 0.6 is 0 Å². The fourth-order valence-corrected chi connectivity index (χ4v) is 4.31. The minimum Gasteiger partial charge on any atom is -0.343 e. The van der Waals surface area contributed by atoms with E-state index >= 15 is 0 Å². The number of likely N-dealkylation sites (tertiary alicyclic amines) is 2. The molecule has 0 aliphatic carbocycles. The van der Waals surface area contributed by atoms with Gasteiger partial charge < -0.3 is 14.7 Å². The molecular formula is C21H27N5O4. The zero-order chi connectivity index (χ0) is 21.1. The summed E-state index contributed by atoms with van der Waals surface area (Å²) in [6, 6.07) is 5.60. The van der Waals surface area contributed by atoms with Crippen molar-refractivity contribution >= 4 is 28.8 Å². The number of hydrogen-bond acceptors (Lipinski definition) is 6. The first-order valence-corrected chi connectivity index (χ1v) is 10.5. The van der Waals surface area contributed by atoms with Gasteiger partial charge in [0.1, 0.15) is 11.0 Å². The van der Waals surface area contributed by atoms with E-state index < -0.39 is 0 Å². The number of aromatic nitrogens is 2. The molecule has 0 radical (unpaired) electrons. The van der Waals surface area contributed by atoms with Crippen LogP contribution in [0.4, 0.5) is 0 Å². The highest BCUT2D eigenvalue weighted by Crippen LogP contribution is 2.21. The summed E-state index contributed by atoms with van der Waals surface area (Å²) in [4.78, 5) is 42.4. The van der Waals surface area contributed by atoms with Crippen molar-refractivity contribution in [1.29, 1.82) is 0 Å². The second kappa shape index (κ2) is 8.81. The molecule has 160 valence electrons. The third-order valence-corrected chi connectivity index (χ3v) is 5.99. The zero-order valence-corrected chi connectivity index (χ0v) is 17.2. The Bertz CT molecular complexity index is 942. The van der Waals surface area contributed by atoms with Gasteiger partial charge in [-0.1, -0.05) is 6.07 Å². The van der Waals surface area contributed by atoms with Gasteiger partial charge in [-0.05, 0) is 47.3 Å². The van der Waals surface area contributed by atoms with Crippen molar-refractivity contribution < 1.29 is 19.0 Å². The van der Waals surface area contributed by atoms with Crippen LogP contribution in [-0.4, -0.2) is 76.0 Å². The second-order valence-electron chi connectivity index (χ2n) is 8.19. The van der Waals surface area contributed by atoms with E-state index in [4.69, 9.17) is 4.63 Å². The molecule has 1 aromatic heterocycles. The van der Waals surface area contributed by atoms with Crippen LogP contribution < -0.4 is 0 Å². The topological polar surface area (TPSA) is 99.8 Å². The zero-order valence-electron chi connectivity index (χ0n) is 17.2. The molecule has 0 bridgehead atoms. The molecule has 0 saturated carbocycles. The first kappa shape index (κ1) is 20.3. The average molecular weight is 413 g/mol. The van der Waals surface area contributed by atoms with Gasteiger partial charge in [0, 0.05) is 52.6 Å². The molecule has 3 amide bonds. The van der Waals surface area contributed by atoms with Crippen molar-refractivity contribution in [3.63, 3.8) is 0 Å². The molecule has 2 aromatic rings. The minimum absolute atomic E-state index is 0.0422. The smallest absolute Gasteiger partial charge is 0.227 e. The molecule has 2 fully saturated rings. The summed E-state index contributed by atoms with van der Waals surface area (Å²) in [5, 5.41) is 7.63. The highest BCUT2D eigenvalue weighted by atomic mass is 16.6. The SMILES string of the molecule is CN(Cc1ccc2nonc2c1)C(=O)[C@@H]1CCC(=O)N(CCCN2CCCC2=O)C1. The number of benzene rings is 1. The minimum atomic E-state index is -0.196. The molecule has 30 heavy (non-hydrogen) atoms. The Kier molecular flexibility index (Phi) is 5.96. The molecule has 2 saturated heterocycles. The molecule has 2 aliphatic rings. The van der Waals surface area contributed by atoms with E-state index in [0.717, 1.165) is 24.9 Å². The lowest BCUT2D eigenvalue weighted by Crippen LogP contribution is -2.46. The van der Waals surface area contributed by atoms with Crippen molar-refractivity contribution in [3.8, 4) is 0 Å². The van der Waals surface area contributed by atoms with E-state index in [-0.39, 0.29) is 23.6 Å². The number of carbonyl (C=O) groups is 3. The van der Waals surface area contributed by atoms with Gasteiger partial charge in [-0.3, -0.25) is 14.4 Å². The van der Waals surface area contributed by atoms with E-state index in [9.17, 15) is 14.4 Å². The van der Waals surface area contributed by atoms with Crippen molar-refractivity contribution in [1.82, 2.24) is 25.0 Å². The fourth-order valence-electron chi connectivity index (χ4n) is 4.31. The molecular weight excluding hydrogens is 386 g/mol. The van der Waals surface area contributed by atoms with Crippen molar-refractivity contribution in [2.24, 2.45) is 5.92 Å². The van der Waals surface area contributed by atoms with Crippen LogP contribution in [0.3, 0.4) is 0 Å². The molecule has 0 spiro atoms. The van der Waals surface area contributed by atoms with Gasteiger partial charge in [0.15, 0.2) is 0 Å². The molecule has 1 aromatic carbocycles. The number of nitrogens with zero attached hydrogens (tertiary/aromatic N) is 5. The van der Waals surface area contributed by atoms with Gasteiger partial charge in [-0.25, -0.2) is 4.63 Å². The van der Waals surface area contributed by atoms with Gasteiger partial charge >= 0.3 is 0 Å². The lowest BCUT2D eigenvalue weighted by atomic mass is 9.95. The Labute approximate surface area is 174 Å². The first-order chi connectivity index (χ1) is 14.5. The molecule has 4 rings (SSSR count). The highest BCUT2D eigenvalue weighted by molar-refractivity contribution is 5.84. The summed E-state index contributed by atoms with van der Waals surface area (Å²) < 4.78 is 4.72. The quantitative estimate of drug-likeness (QED) is 0.681. The lowest BCUT2D eigenvalue weighted by molar-refractivity contribution is -0.142. The van der Waals surface area contributed by atoms with Crippen LogP contribution in [-0.2, 0) is 20.9 Å². The summed E-state index contributed by atoms with van der Waals surface area (Å²) in [6.07, 6.45) is 3.27. The maximum atomic E-state index is 13.0. The van der Waals surface area contributed by atoms with Crippen molar-refractivity contribution in [2.75, 3.05) is 33.2 Å². The molecule has 0 N–H and O–H groups in total. The molecule has 2 aliphatic heterocycles. The normalized spacial score (nSPS) is 19.7. The van der Waals surface area contributed by atoms with Crippen molar-refractivity contribution in [2.45, 2.75) is 38.6 Å². The van der Waals surface area contributed by atoms with Crippen LogP contribution in [0.15, 0.2) is 22.8 Å². The maximum Gasteiger partial charge on any atom is 0.227 e. The lowest BCUT2D eigenvalue weighted by Gasteiger charge is -2.34. The summed E-state index contributed by atoms with van der Waals surface area (Å²) >= 11 is 0. The molecule has 9 nitrogen and oxygen atoms in total. The van der Waals surface area contributed by atoms with Crippen molar-refractivity contribution in [3.05, 3.63) is 23.8 Å². The predicted octanol–water partition coefficient (Wildman–Crippen LogP) is 1.43. The first-order valence-electron chi connectivity index (χ1n) is 10.5. The van der Waals surface area contributed by atoms with Crippen LogP contribution in [0.25, 0.3) is 11.0 Å². The number of piperidine rings is 1. The van der Waals surface area contributed by atoms with Gasteiger partial charge in [0.2, 0.25) is 17.7 Å². The van der Waals surface area contributed by atoms with Crippen LogP contribution in [0.2, 0.25) is 0 Å². The number of fused-ring (bicyclic) bond motifs is 1. The summed E-state index contributed by atoms with van der Waals surface area (Å²) in [7, 11) is 1.79. The third-order valence-electron chi connectivity index (χ3n) is 5.99. The Morgan fingerprint density at radius 3 is 2.70 bits per heavy atom. The molecule has 9 heteroatoms. The molecule has 1 atom stereocenters. The monoisotopic (exact) mass is 413 g/mol. The fraction of sp³-hybridized carbons (Fsp3) is 0.571. The Morgan fingerprint density at radius 2 is 1.90 bits per heavy atom. The van der Waals surface area contributed by atoms with Gasteiger partial charge in [0.25, 0.3) is 0 Å². The number of rotatable bonds is 7. The third kappa shape index (κ3) is 4.44. The predicted molar refractivity (Wildman–Crippen MR) is 108 cm³/mol. The largest absolute Gasteiger partial charge is 0.343 e. The average Bonchev–Trinajstić information content (AvgIpc) is 3.37. The second-order valence-corrected chi connectivity index (χ2v) is 8.19. The van der Waals surface area contributed by atoms with Crippen LogP contribution in [0.5, 0.6) is 0 Å². The standard InChI is InChI=1S/C21H27N5O4/c1-24(13-15-5-7-17-18(12-15)23-30-22-17)21(29)16-6-8-20(28)26(14-16)11-3-10-25-9-2-4-19(25)27/h5,7,12,16H,2-4,6,8-11,13-14H2,1H3/t16-/m1/s1. The summed E-state index contributed by atoms with van der Waals surface area (Å²) in [5.41, 5.74) is 2.30. The molecule has 0 unspecified atom stereocenters. The van der Waals surface area contributed by atoms with Gasteiger partial charge in [0.05, 0.1) is 5.92 Å².